The van der Waals surface area contributed by atoms with Crippen molar-refractivity contribution in [1.29, 1.82) is 0 Å². The zero-order chi connectivity index (χ0) is 27.1. The van der Waals surface area contributed by atoms with E-state index in [9.17, 15) is 14.4 Å². The summed E-state index contributed by atoms with van der Waals surface area (Å²) in [5.41, 5.74) is 1.90. The summed E-state index contributed by atoms with van der Waals surface area (Å²) in [5.74, 6) is 0.271. The maximum absolute atomic E-state index is 12.9. The first-order valence-corrected chi connectivity index (χ1v) is 12.2. The molecule has 1 saturated heterocycles. The third-order valence-electron chi connectivity index (χ3n) is 5.56. The number of ether oxygens (including phenoxy) is 3. The van der Waals surface area contributed by atoms with Crippen molar-refractivity contribution in [3.8, 4) is 17.2 Å². The number of carbonyl (C=O) groups excluding carboxylic acids is 3. The summed E-state index contributed by atoms with van der Waals surface area (Å²) >= 11 is 6.21. The highest BCUT2D eigenvalue weighted by atomic mass is 35.5. The molecule has 1 heterocycles. The zero-order valence-electron chi connectivity index (χ0n) is 20.8. The second-order valence-electron chi connectivity index (χ2n) is 8.15. The van der Waals surface area contributed by atoms with Crippen LogP contribution in [0.4, 0.5) is 10.5 Å². The van der Waals surface area contributed by atoms with E-state index >= 15 is 0 Å². The lowest BCUT2D eigenvalue weighted by atomic mass is 10.1. The molecular formula is C28H26ClN3O6. The van der Waals surface area contributed by atoms with Crippen LogP contribution in [-0.4, -0.2) is 43.0 Å². The molecule has 4 rings (SSSR count). The van der Waals surface area contributed by atoms with Crippen LogP contribution in [-0.2, 0) is 16.2 Å². The molecule has 0 spiro atoms. The predicted octanol–water partition coefficient (Wildman–Crippen LogP) is 4.86. The minimum Gasteiger partial charge on any atom is -0.495 e. The number of hydrogen-bond donors (Lipinski definition) is 2. The predicted molar refractivity (Wildman–Crippen MR) is 143 cm³/mol. The number of amides is 4. The summed E-state index contributed by atoms with van der Waals surface area (Å²) in [6.07, 6.45) is 1.51. The van der Waals surface area contributed by atoms with Crippen LogP contribution in [0.3, 0.4) is 0 Å². The van der Waals surface area contributed by atoms with Gasteiger partial charge in [0.1, 0.15) is 24.6 Å². The van der Waals surface area contributed by atoms with Crippen molar-refractivity contribution in [1.82, 2.24) is 10.2 Å². The lowest BCUT2D eigenvalue weighted by Crippen LogP contribution is -2.38. The van der Waals surface area contributed by atoms with Crippen LogP contribution in [0.15, 0.2) is 72.4 Å². The molecule has 2 N–H and O–H groups in total. The summed E-state index contributed by atoms with van der Waals surface area (Å²) in [5, 5.41) is 5.77. The third-order valence-corrected chi connectivity index (χ3v) is 5.93. The van der Waals surface area contributed by atoms with E-state index in [0.29, 0.717) is 40.1 Å². The molecule has 196 valence electrons. The molecule has 0 aliphatic carbocycles. The highest BCUT2D eigenvalue weighted by molar-refractivity contribution is 6.31. The fraction of sp³-hybridized carbons (Fsp3) is 0.179. The van der Waals surface area contributed by atoms with Crippen molar-refractivity contribution in [2.24, 2.45) is 0 Å². The third kappa shape index (κ3) is 6.24. The van der Waals surface area contributed by atoms with E-state index in [0.717, 1.165) is 10.5 Å². The minimum atomic E-state index is -0.693. The summed E-state index contributed by atoms with van der Waals surface area (Å²) in [6.45, 7) is 2.03. The van der Waals surface area contributed by atoms with E-state index in [2.05, 4.69) is 10.6 Å². The Kier molecular flexibility index (Phi) is 8.50. The SMILES string of the molecule is CCOc1cc(/C=C2/NC(=O)N(CC(=O)Nc3ccccc3OC)C2=O)ccc1OCc1ccccc1Cl. The van der Waals surface area contributed by atoms with Gasteiger partial charge in [0.05, 0.1) is 19.4 Å². The highest BCUT2D eigenvalue weighted by Gasteiger charge is 2.35. The molecule has 1 fully saturated rings. The van der Waals surface area contributed by atoms with E-state index in [4.69, 9.17) is 25.8 Å². The molecule has 3 aromatic carbocycles. The van der Waals surface area contributed by atoms with Gasteiger partial charge in [-0.05, 0) is 48.9 Å². The second-order valence-corrected chi connectivity index (χ2v) is 8.55. The number of benzene rings is 3. The Morgan fingerprint density at radius 1 is 1.00 bits per heavy atom. The molecule has 1 aliphatic heterocycles. The van der Waals surface area contributed by atoms with Crippen LogP contribution in [0.2, 0.25) is 5.02 Å². The molecule has 0 atom stereocenters. The molecule has 0 saturated carbocycles. The standard InChI is InChI=1S/C28H26ClN3O6/c1-3-37-25-15-18(12-13-24(25)38-17-19-8-4-5-9-20(19)29)14-22-27(34)32(28(35)31-22)16-26(33)30-21-10-6-7-11-23(21)36-2/h4-15H,3,16-17H2,1-2H3,(H,30,33)(H,31,35)/b22-14+. The van der Waals surface area contributed by atoms with Crippen LogP contribution < -0.4 is 24.8 Å². The van der Waals surface area contributed by atoms with Crippen molar-refractivity contribution >= 4 is 41.2 Å². The molecule has 1 aliphatic rings. The zero-order valence-corrected chi connectivity index (χ0v) is 21.6. The van der Waals surface area contributed by atoms with Gasteiger partial charge >= 0.3 is 6.03 Å². The molecule has 3 aromatic rings. The van der Waals surface area contributed by atoms with E-state index in [1.54, 1.807) is 48.5 Å². The fourth-order valence-electron chi connectivity index (χ4n) is 3.74. The molecular weight excluding hydrogens is 510 g/mol. The molecule has 0 unspecified atom stereocenters. The molecule has 4 amide bonds. The highest BCUT2D eigenvalue weighted by Crippen LogP contribution is 2.31. The quantitative estimate of drug-likeness (QED) is 0.284. The van der Waals surface area contributed by atoms with E-state index in [-0.39, 0.29) is 12.3 Å². The first kappa shape index (κ1) is 26.6. The average Bonchev–Trinajstić information content (AvgIpc) is 3.16. The monoisotopic (exact) mass is 535 g/mol. The van der Waals surface area contributed by atoms with Gasteiger partial charge in [-0.2, -0.15) is 0 Å². The fourth-order valence-corrected chi connectivity index (χ4v) is 3.93. The Labute approximate surface area is 224 Å². The lowest BCUT2D eigenvalue weighted by Gasteiger charge is -2.14. The van der Waals surface area contributed by atoms with Gasteiger partial charge in [-0.15, -0.1) is 0 Å². The number of nitrogens with zero attached hydrogens (tertiary/aromatic N) is 1. The summed E-state index contributed by atoms with van der Waals surface area (Å²) in [7, 11) is 1.48. The topological polar surface area (TPSA) is 106 Å². The summed E-state index contributed by atoms with van der Waals surface area (Å²) < 4.78 is 16.9. The first-order valence-electron chi connectivity index (χ1n) is 11.8. The number of anilines is 1. The normalized spacial score (nSPS) is 13.9. The van der Waals surface area contributed by atoms with E-state index in [1.807, 2.05) is 25.1 Å². The average molecular weight is 536 g/mol. The van der Waals surface area contributed by atoms with Gasteiger partial charge in [-0.25, -0.2) is 9.69 Å². The summed E-state index contributed by atoms with van der Waals surface area (Å²) in [6, 6.07) is 18.7. The van der Waals surface area contributed by atoms with Crippen molar-refractivity contribution in [2.45, 2.75) is 13.5 Å². The molecule has 0 bridgehead atoms. The van der Waals surface area contributed by atoms with E-state index < -0.39 is 24.4 Å². The molecule has 0 radical (unpaired) electrons. The largest absolute Gasteiger partial charge is 0.495 e. The maximum atomic E-state index is 12.9. The van der Waals surface area contributed by atoms with Gasteiger partial charge in [-0.3, -0.25) is 9.59 Å². The Balaban J connectivity index is 1.46. The molecule has 38 heavy (non-hydrogen) atoms. The van der Waals surface area contributed by atoms with Gasteiger partial charge in [0.25, 0.3) is 5.91 Å². The van der Waals surface area contributed by atoms with Crippen molar-refractivity contribution in [3.63, 3.8) is 0 Å². The number of nitrogens with one attached hydrogen (secondary N) is 2. The van der Waals surface area contributed by atoms with Crippen molar-refractivity contribution in [2.75, 3.05) is 25.6 Å². The van der Waals surface area contributed by atoms with Gasteiger partial charge in [-0.1, -0.05) is 48.0 Å². The summed E-state index contributed by atoms with van der Waals surface area (Å²) in [4.78, 5) is 38.7. The van der Waals surface area contributed by atoms with Crippen LogP contribution >= 0.6 is 11.6 Å². The van der Waals surface area contributed by atoms with E-state index in [1.165, 1.54) is 13.2 Å². The number of methoxy groups -OCH3 is 1. The van der Waals surface area contributed by atoms with Crippen LogP contribution in [0.25, 0.3) is 6.08 Å². The van der Waals surface area contributed by atoms with Crippen molar-refractivity contribution in [3.05, 3.63) is 88.6 Å². The Morgan fingerprint density at radius 2 is 1.76 bits per heavy atom. The van der Waals surface area contributed by atoms with Crippen LogP contribution in [0.5, 0.6) is 17.2 Å². The Hall–Kier alpha value is -4.50. The Morgan fingerprint density at radius 3 is 2.53 bits per heavy atom. The number of halogens is 1. The molecule has 0 aromatic heterocycles. The molecule has 10 heteroatoms. The number of imide groups is 1. The first-order chi connectivity index (χ1) is 18.4. The van der Waals surface area contributed by atoms with Gasteiger partial charge in [0.15, 0.2) is 11.5 Å². The smallest absolute Gasteiger partial charge is 0.329 e. The number of carbonyl (C=O) groups is 3. The van der Waals surface area contributed by atoms with Crippen LogP contribution in [0, 0.1) is 0 Å². The van der Waals surface area contributed by atoms with Crippen molar-refractivity contribution < 1.29 is 28.6 Å². The van der Waals surface area contributed by atoms with Gasteiger partial charge < -0.3 is 24.8 Å². The molecule has 9 nitrogen and oxygen atoms in total. The lowest BCUT2D eigenvalue weighted by molar-refractivity contribution is -0.127. The van der Waals surface area contributed by atoms with Gasteiger partial charge in [0.2, 0.25) is 5.91 Å². The number of urea groups is 1. The number of para-hydroxylation sites is 2. The second kappa shape index (κ2) is 12.2. The minimum absolute atomic E-state index is 0.0345. The van der Waals surface area contributed by atoms with Gasteiger partial charge in [0, 0.05) is 10.6 Å². The number of rotatable bonds is 10. The Bertz CT molecular complexity index is 1390. The number of hydrogen-bond acceptors (Lipinski definition) is 6. The van der Waals surface area contributed by atoms with Crippen LogP contribution in [0.1, 0.15) is 18.1 Å². The maximum Gasteiger partial charge on any atom is 0.329 e.